The van der Waals surface area contributed by atoms with Gasteiger partial charge in [-0.3, -0.25) is 14.4 Å². The van der Waals surface area contributed by atoms with Crippen molar-refractivity contribution in [3.05, 3.63) is 35.4 Å². The molecule has 5 N–H and O–H groups in total. The molecule has 5 unspecified atom stereocenters. The van der Waals surface area contributed by atoms with Crippen molar-refractivity contribution in [1.82, 2.24) is 5.32 Å². The van der Waals surface area contributed by atoms with Gasteiger partial charge in [0.05, 0.1) is 11.5 Å². The number of rotatable bonds is 4. The fourth-order valence-corrected chi connectivity index (χ4v) is 3.92. The zero-order valence-corrected chi connectivity index (χ0v) is 13.2. The summed E-state index contributed by atoms with van der Waals surface area (Å²) >= 11 is 0. The minimum atomic E-state index is -4.62. The van der Waals surface area contributed by atoms with Gasteiger partial charge in [0.2, 0.25) is 0 Å². The first-order chi connectivity index (χ1) is 12.0. The highest BCUT2D eigenvalue weighted by Gasteiger charge is 2.74. The molecule has 3 rings (SSSR count). The number of amides is 1. The molecule has 10 heteroatoms. The number of halogens is 3. The number of fused-ring (bicyclic) bond motifs is 1. The predicted octanol–water partition coefficient (Wildman–Crippen LogP) is 0.936. The molecule has 1 amide bonds. The maximum absolute atomic E-state index is 12.8. The largest absolute Gasteiger partial charge is 0.481 e. The molecule has 0 heterocycles. The quantitative estimate of drug-likeness (QED) is 0.622. The summed E-state index contributed by atoms with van der Waals surface area (Å²) in [6, 6.07) is 2.92. The summed E-state index contributed by atoms with van der Waals surface area (Å²) in [6.07, 6.45) is -4.80. The van der Waals surface area contributed by atoms with Crippen molar-refractivity contribution in [3.8, 4) is 0 Å². The molecule has 5 atom stereocenters. The van der Waals surface area contributed by atoms with Crippen molar-refractivity contribution in [1.29, 1.82) is 0 Å². The number of carboxylic acid groups (broad SMARTS) is 2. The lowest BCUT2D eigenvalue weighted by molar-refractivity contribution is -0.145. The Morgan fingerprint density at radius 1 is 1.23 bits per heavy atom. The maximum Gasteiger partial charge on any atom is 0.416 e. The molecule has 2 saturated carbocycles. The van der Waals surface area contributed by atoms with E-state index in [1.165, 1.54) is 6.07 Å². The highest BCUT2D eigenvalue weighted by Crippen LogP contribution is 2.61. The standard InChI is InChI=1S/C16H15F3N2O5/c17-16(18,19)7-3-1-2-6(4-7)12(22)21-8-5-15(20,14(25)26)11-9(8)10(11)13(23)24/h1-4,8-11H,5,20H2,(H,21,22)(H,23,24)(H,25,26). The Balaban J connectivity index is 1.80. The maximum atomic E-state index is 12.8. The van der Waals surface area contributed by atoms with Crippen molar-refractivity contribution in [3.63, 3.8) is 0 Å². The predicted molar refractivity (Wildman–Crippen MR) is 80.0 cm³/mol. The van der Waals surface area contributed by atoms with Gasteiger partial charge in [-0.05, 0) is 30.5 Å². The summed E-state index contributed by atoms with van der Waals surface area (Å²) in [5.74, 6) is -5.92. The molecule has 26 heavy (non-hydrogen) atoms. The molecular formula is C16H15F3N2O5. The van der Waals surface area contributed by atoms with Crippen molar-refractivity contribution < 1.29 is 37.8 Å². The Kier molecular flexibility index (Phi) is 3.98. The molecule has 1 aromatic rings. The number of carboxylic acids is 2. The van der Waals surface area contributed by atoms with E-state index < -0.39 is 58.9 Å². The third kappa shape index (κ3) is 2.79. The van der Waals surface area contributed by atoms with Crippen LogP contribution in [0.2, 0.25) is 0 Å². The van der Waals surface area contributed by atoms with Crippen LogP contribution in [0.5, 0.6) is 0 Å². The third-order valence-electron chi connectivity index (χ3n) is 5.14. The summed E-state index contributed by atoms with van der Waals surface area (Å²) in [6.45, 7) is 0. The Morgan fingerprint density at radius 3 is 2.42 bits per heavy atom. The SMILES string of the molecule is NC1(C(=O)O)CC(NC(=O)c2cccc(C(F)(F)F)c2)C2C(C(=O)O)C21. The van der Waals surface area contributed by atoms with Crippen LogP contribution < -0.4 is 11.1 Å². The number of hydrogen-bond acceptors (Lipinski definition) is 4. The van der Waals surface area contributed by atoms with E-state index in [4.69, 9.17) is 5.73 Å². The second-order valence-electron chi connectivity index (χ2n) is 6.68. The third-order valence-corrected chi connectivity index (χ3v) is 5.14. The van der Waals surface area contributed by atoms with Crippen LogP contribution in [0, 0.1) is 17.8 Å². The average Bonchev–Trinajstić information content (AvgIpc) is 3.23. The van der Waals surface area contributed by atoms with Crippen molar-refractivity contribution in [2.45, 2.75) is 24.2 Å². The molecule has 7 nitrogen and oxygen atoms in total. The molecule has 0 aliphatic heterocycles. The topological polar surface area (TPSA) is 130 Å². The number of aliphatic carboxylic acids is 2. The first-order valence-corrected chi connectivity index (χ1v) is 7.70. The summed E-state index contributed by atoms with van der Waals surface area (Å²) in [7, 11) is 0. The van der Waals surface area contributed by atoms with Crippen LogP contribution >= 0.6 is 0 Å². The zero-order chi connectivity index (χ0) is 19.4. The molecule has 0 radical (unpaired) electrons. The highest BCUT2D eigenvalue weighted by atomic mass is 19.4. The second kappa shape index (κ2) is 5.70. The molecule has 2 aliphatic rings. The first kappa shape index (κ1) is 18.2. The van der Waals surface area contributed by atoms with Gasteiger partial charge >= 0.3 is 18.1 Å². The Bertz CT molecular complexity index is 796. The minimum absolute atomic E-state index is 0.188. The van der Waals surface area contributed by atoms with Crippen LogP contribution in [0.25, 0.3) is 0 Å². The van der Waals surface area contributed by atoms with Crippen molar-refractivity contribution in [2.75, 3.05) is 0 Å². The molecule has 0 bridgehead atoms. The van der Waals surface area contributed by atoms with E-state index in [0.717, 1.165) is 12.1 Å². The molecule has 0 aromatic heterocycles. The van der Waals surface area contributed by atoms with Gasteiger partial charge in [-0.1, -0.05) is 6.07 Å². The van der Waals surface area contributed by atoms with E-state index >= 15 is 0 Å². The van der Waals surface area contributed by atoms with Gasteiger partial charge in [0.1, 0.15) is 5.54 Å². The summed E-state index contributed by atoms with van der Waals surface area (Å²) < 4.78 is 38.3. The van der Waals surface area contributed by atoms with E-state index in [1.54, 1.807) is 0 Å². The molecule has 2 fully saturated rings. The van der Waals surface area contributed by atoms with Gasteiger partial charge in [0, 0.05) is 17.5 Å². The Hall–Kier alpha value is -2.62. The van der Waals surface area contributed by atoms with Crippen LogP contribution in [0.3, 0.4) is 0 Å². The zero-order valence-electron chi connectivity index (χ0n) is 13.2. The minimum Gasteiger partial charge on any atom is -0.481 e. The number of hydrogen-bond donors (Lipinski definition) is 4. The average molecular weight is 372 g/mol. The molecule has 2 aliphatic carbocycles. The lowest BCUT2D eigenvalue weighted by Gasteiger charge is -2.25. The molecule has 1 aromatic carbocycles. The summed E-state index contributed by atoms with van der Waals surface area (Å²) in [5.41, 5.74) is 2.79. The Morgan fingerprint density at radius 2 is 1.88 bits per heavy atom. The van der Waals surface area contributed by atoms with Crippen LogP contribution in [-0.2, 0) is 15.8 Å². The van der Waals surface area contributed by atoms with E-state index in [9.17, 15) is 37.8 Å². The van der Waals surface area contributed by atoms with Gasteiger partial charge in [-0.25, -0.2) is 0 Å². The lowest BCUT2D eigenvalue weighted by atomic mass is 9.90. The van der Waals surface area contributed by atoms with E-state index in [1.807, 2.05) is 0 Å². The lowest BCUT2D eigenvalue weighted by Crippen LogP contribution is -2.52. The van der Waals surface area contributed by atoms with E-state index in [2.05, 4.69) is 5.32 Å². The smallest absolute Gasteiger partial charge is 0.416 e. The second-order valence-corrected chi connectivity index (χ2v) is 6.68. The van der Waals surface area contributed by atoms with E-state index in [-0.39, 0.29) is 12.0 Å². The first-order valence-electron chi connectivity index (χ1n) is 7.70. The van der Waals surface area contributed by atoms with Gasteiger partial charge in [0.25, 0.3) is 5.91 Å². The van der Waals surface area contributed by atoms with Crippen molar-refractivity contribution >= 4 is 17.8 Å². The number of alkyl halides is 3. The van der Waals surface area contributed by atoms with Crippen LogP contribution in [0.1, 0.15) is 22.3 Å². The summed E-state index contributed by atoms with van der Waals surface area (Å²) in [5, 5.41) is 20.9. The number of nitrogens with one attached hydrogen (secondary N) is 1. The van der Waals surface area contributed by atoms with Gasteiger partial charge in [0.15, 0.2) is 0 Å². The number of carbonyl (C=O) groups excluding carboxylic acids is 1. The molecule has 140 valence electrons. The van der Waals surface area contributed by atoms with Crippen LogP contribution in [0.4, 0.5) is 13.2 Å². The summed E-state index contributed by atoms with van der Waals surface area (Å²) in [4.78, 5) is 35.0. The normalized spacial score (nSPS) is 32.6. The molecular weight excluding hydrogens is 357 g/mol. The number of carbonyl (C=O) groups is 3. The highest BCUT2D eigenvalue weighted by molar-refractivity contribution is 5.95. The number of nitrogens with two attached hydrogens (primary N) is 1. The molecule has 0 spiro atoms. The number of benzene rings is 1. The van der Waals surface area contributed by atoms with Gasteiger partial charge < -0.3 is 21.3 Å². The van der Waals surface area contributed by atoms with E-state index in [0.29, 0.717) is 6.07 Å². The van der Waals surface area contributed by atoms with Crippen LogP contribution in [0.15, 0.2) is 24.3 Å². The monoisotopic (exact) mass is 372 g/mol. The van der Waals surface area contributed by atoms with Crippen LogP contribution in [-0.4, -0.2) is 39.6 Å². The van der Waals surface area contributed by atoms with Crippen molar-refractivity contribution in [2.24, 2.45) is 23.5 Å². The molecule has 0 saturated heterocycles. The Labute approximate surface area is 145 Å². The fourth-order valence-electron chi connectivity index (χ4n) is 3.92. The fraction of sp³-hybridized carbons (Fsp3) is 0.438. The van der Waals surface area contributed by atoms with Gasteiger partial charge in [-0.2, -0.15) is 13.2 Å². The van der Waals surface area contributed by atoms with Gasteiger partial charge in [-0.15, -0.1) is 0 Å².